The van der Waals surface area contributed by atoms with E-state index in [1.165, 1.54) is 25.7 Å². The molecule has 1 aliphatic carbocycles. The maximum Gasteiger partial charge on any atom is 0.251 e. The fraction of sp³-hybridized carbons (Fsp3) is 0.667. The summed E-state index contributed by atoms with van der Waals surface area (Å²) in [6, 6.07) is 1.59. The molecule has 0 unspecified atom stereocenters. The lowest BCUT2D eigenvalue weighted by molar-refractivity contribution is 0.886. The Morgan fingerprint density at radius 3 is 2.94 bits per heavy atom. The normalized spacial score (nSPS) is 16.8. The Labute approximate surface area is 100 Å². The number of H-pyrrole nitrogens is 1. The summed E-state index contributed by atoms with van der Waals surface area (Å²) in [7, 11) is 0. The van der Waals surface area contributed by atoms with Crippen LogP contribution in [-0.2, 0) is 12.2 Å². The molecule has 0 aromatic carbocycles. The second-order valence-electron chi connectivity index (χ2n) is 4.25. The van der Waals surface area contributed by atoms with Gasteiger partial charge in [-0.15, -0.1) is 0 Å². The number of thioether (sulfide) groups is 1. The van der Waals surface area contributed by atoms with E-state index in [1.54, 1.807) is 6.07 Å². The van der Waals surface area contributed by atoms with E-state index < -0.39 is 0 Å². The van der Waals surface area contributed by atoms with Crippen molar-refractivity contribution in [3.05, 3.63) is 27.9 Å². The van der Waals surface area contributed by atoms with Gasteiger partial charge in [-0.2, -0.15) is 11.8 Å². The third-order valence-electron chi connectivity index (χ3n) is 2.96. The zero-order chi connectivity index (χ0) is 11.4. The van der Waals surface area contributed by atoms with Crippen molar-refractivity contribution in [3.63, 3.8) is 0 Å². The molecular weight excluding hydrogens is 220 g/mol. The van der Waals surface area contributed by atoms with Crippen molar-refractivity contribution in [3.8, 4) is 0 Å². The molecule has 3 nitrogen and oxygen atoms in total. The van der Waals surface area contributed by atoms with Crippen LogP contribution >= 0.6 is 11.8 Å². The molecule has 2 rings (SSSR count). The van der Waals surface area contributed by atoms with Gasteiger partial charge in [-0.1, -0.05) is 19.8 Å². The molecule has 1 N–H and O–H groups in total. The van der Waals surface area contributed by atoms with Gasteiger partial charge in [-0.25, -0.2) is 4.98 Å². The largest absolute Gasteiger partial charge is 0.310 e. The Morgan fingerprint density at radius 1 is 1.50 bits per heavy atom. The Bertz CT molecular complexity index is 396. The first kappa shape index (κ1) is 11.7. The average molecular weight is 238 g/mol. The molecule has 0 spiro atoms. The first-order valence-electron chi connectivity index (χ1n) is 5.98. The Morgan fingerprint density at radius 2 is 2.25 bits per heavy atom. The van der Waals surface area contributed by atoms with Crippen LogP contribution in [0.5, 0.6) is 0 Å². The molecule has 1 fully saturated rings. The highest BCUT2D eigenvalue weighted by Crippen LogP contribution is 2.30. The number of rotatable bonds is 4. The number of aromatic nitrogens is 2. The van der Waals surface area contributed by atoms with Crippen LogP contribution in [-0.4, -0.2) is 15.2 Å². The van der Waals surface area contributed by atoms with Gasteiger partial charge in [0.15, 0.2) is 0 Å². The molecule has 0 atom stereocenters. The van der Waals surface area contributed by atoms with E-state index >= 15 is 0 Å². The monoisotopic (exact) mass is 238 g/mol. The van der Waals surface area contributed by atoms with E-state index in [9.17, 15) is 4.79 Å². The highest BCUT2D eigenvalue weighted by Gasteiger charge is 2.15. The maximum absolute atomic E-state index is 11.4. The van der Waals surface area contributed by atoms with E-state index in [-0.39, 0.29) is 5.56 Å². The molecular formula is C12H18N2OS. The van der Waals surface area contributed by atoms with Crippen molar-refractivity contribution in [1.29, 1.82) is 0 Å². The lowest BCUT2D eigenvalue weighted by Crippen LogP contribution is -2.12. The van der Waals surface area contributed by atoms with Crippen LogP contribution in [0.1, 0.15) is 44.1 Å². The molecule has 1 aliphatic rings. The first-order chi connectivity index (χ1) is 7.78. The maximum atomic E-state index is 11.4. The number of aryl methyl sites for hydroxylation is 1. The zero-order valence-electron chi connectivity index (χ0n) is 9.66. The number of hydrogen-bond acceptors (Lipinski definition) is 3. The summed E-state index contributed by atoms with van der Waals surface area (Å²) in [5.74, 6) is 1.68. The predicted molar refractivity (Wildman–Crippen MR) is 67.8 cm³/mol. The van der Waals surface area contributed by atoms with E-state index in [1.807, 2.05) is 18.7 Å². The number of aromatic amines is 1. The Kier molecular flexibility index (Phi) is 4.04. The third-order valence-corrected chi connectivity index (χ3v) is 4.35. The minimum absolute atomic E-state index is 0.0196. The first-order valence-corrected chi connectivity index (χ1v) is 7.03. The molecule has 1 saturated carbocycles. The van der Waals surface area contributed by atoms with Crippen LogP contribution < -0.4 is 5.56 Å². The highest BCUT2D eigenvalue weighted by atomic mass is 32.2. The van der Waals surface area contributed by atoms with Crippen molar-refractivity contribution >= 4 is 11.8 Å². The van der Waals surface area contributed by atoms with Gasteiger partial charge in [0, 0.05) is 17.0 Å². The summed E-state index contributed by atoms with van der Waals surface area (Å²) in [4.78, 5) is 18.6. The van der Waals surface area contributed by atoms with Gasteiger partial charge in [0.1, 0.15) is 5.82 Å². The molecule has 4 heteroatoms. The Hall–Kier alpha value is -0.770. The molecule has 0 radical (unpaired) electrons. The van der Waals surface area contributed by atoms with Crippen molar-refractivity contribution in [2.75, 3.05) is 0 Å². The summed E-state index contributed by atoms with van der Waals surface area (Å²) < 4.78 is 0. The van der Waals surface area contributed by atoms with E-state index in [4.69, 9.17) is 0 Å². The molecule has 88 valence electrons. The minimum atomic E-state index is -0.0196. The number of nitrogens with one attached hydrogen (secondary N) is 1. The standard InChI is InChI=1S/C12H18N2OS/c1-2-9-7-12(15)14-11(13-9)8-16-10-5-3-4-6-10/h7,10H,2-6,8H2,1H3,(H,13,14,15). The Balaban J connectivity index is 1.97. The van der Waals surface area contributed by atoms with E-state index in [0.29, 0.717) is 0 Å². The van der Waals surface area contributed by atoms with E-state index in [0.717, 1.165) is 28.9 Å². The lowest BCUT2D eigenvalue weighted by Gasteiger charge is -2.08. The van der Waals surface area contributed by atoms with Gasteiger partial charge in [-0.3, -0.25) is 4.79 Å². The molecule has 16 heavy (non-hydrogen) atoms. The molecule has 0 saturated heterocycles. The smallest absolute Gasteiger partial charge is 0.251 e. The average Bonchev–Trinajstić information content (AvgIpc) is 2.78. The summed E-state index contributed by atoms with van der Waals surface area (Å²) in [6.45, 7) is 2.02. The fourth-order valence-electron chi connectivity index (χ4n) is 2.06. The topological polar surface area (TPSA) is 45.8 Å². The fourth-order valence-corrected chi connectivity index (χ4v) is 3.26. The van der Waals surface area contributed by atoms with Crippen molar-refractivity contribution in [2.45, 2.75) is 50.0 Å². The van der Waals surface area contributed by atoms with Crippen LogP contribution in [0.4, 0.5) is 0 Å². The summed E-state index contributed by atoms with van der Waals surface area (Å²) in [6.07, 6.45) is 6.18. The van der Waals surface area contributed by atoms with Gasteiger partial charge in [0.05, 0.1) is 5.75 Å². The van der Waals surface area contributed by atoms with Crippen LogP contribution in [0.25, 0.3) is 0 Å². The quantitative estimate of drug-likeness (QED) is 0.876. The summed E-state index contributed by atoms with van der Waals surface area (Å²) in [5.41, 5.74) is 0.875. The molecule has 1 aromatic rings. The van der Waals surface area contributed by atoms with Gasteiger partial charge in [0.25, 0.3) is 5.56 Å². The second-order valence-corrected chi connectivity index (χ2v) is 5.54. The van der Waals surface area contributed by atoms with Crippen LogP contribution in [0, 0.1) is 0 Å². The zero-order valence-corrected chi connectivity index (χ0v) is 10.5. The molecule has 1 aromatic heterocycles. The molecule has 0 aliphatic heterocycles. The van der Waals surface area contributed by atoms with Crippen LogP contribution in [0.15, 0.2) is 10.9 Å². The predicted octanol–water partition coefficient (Wildman–Crippen LogP) is 2.51. The van der Waals surface area contributed by atoms with Gasteiger partial charge in [-0.05, 0) is 19.3 Å². The third kappa shape index (κ3) is 3.11. The SMILES string of the molecule is CCc1cc(=O)[nH]c(CSC2CCCC2)n1. The summed E-state index contributed by atoms with van der Waals surface area (Å²) >= 11 is 1.93. The lowest BCUT2D eigenvalue weighted by atomic mass is 10.3. The van der Waals surface area contributed by atoms with E-state index in [2.05, 4.69) is 9.97 Å². The highest BCUT2D eigenvalue weighted by molar-refractivity contribution is 7.99. The number of nitrogens with zero attached hydrogens (tertiary/aromatic N) is 1. The van der Waals surface area contributed by atoms with Gasteiger partial charge >= 0.3 is 0 Å². The van der Waals surface area contributed by atoms with Gasteiger partial charge < -0.3 is 4.98 Å². The van der Waals surface area contributed by atoms with Crippen molar-refractivity contribution < 1.29 is 0 Å². The summed E-state index contributed by atoms with van der Waals surface area (Å²) in [5, 5.41) is 0.774. The molecule has 0 bridgehead atoms. The van der Waals surface area contributed by atoms with Crippen molar-refractivity contribution in [2.24, 2.45) is 0 Å². The van der Waals surface area contributed by atoms with Crippen LogP contribution in [0.2, 0.25) is 0 Å². The van der Waals surface area contributed by atoms with Crippen molar-refractivity contribution in [1.82, 2.24) is 9.97 Å². The number of hydrogen-bond donors (Lipinski definition) is 1. The van der Waals surface area contributed by atoms with Crippen LogP contribution in [0.3, 0.4) is 0 Å². The molecule has 0 amide bonds. The van der Waals surface area contributed by atoms with Gasteiger partial charge in [0.2, 0.25) is 0 Å². The minimum Gasteiger partial charge on any atom is -0.310 e. The molecule has 1 heterocycles. The second kappa shape index (κ2) is 5.53.